The number of aryl methyl sites for hydroxylation is 1. The molecule has 0 fully saturated rings. The number of benzene rings is 2. The monoisotopic (exact) mass is 413 g/mol. The third-order valence-electron chi connectivity index (χ3n) is 5.48. The fourth-order valence-electron chi connectivity index (χ4n) is 4.22. The minimum Gasteiger partial charge on any atom is -0.493 e. The molecule has 1 heterocycles. The van der Waals surface area contributed by atoms with Gasteiger partial charge in [-0.25, -0.2) is 12.4 Å². The zero-order valence-electron chi connectivity index (χ0n) is 16.9. The second-order valence-corrected chi connectivity index (χ2v) is 9.39. The second kappa shape index (κ2) is 6.91. The van der Waals surface area contributed by atoms with Gasteiger partial charge in [0.2, 0.25) is 10.0 Å². The van der Waals surface area contributed by atoms with Crippen LogP contribution in [0.25, 0.3) is 10.9 Å². The fraction of sp³-hybridized carbons (Fsp3) is 0.318. The molecule has 29 heavy (non-hydrogen) atoms. The number of ketones is 1. The lowest BCUT2D eigenvalue weighted by Gasteiger charge is -2.11. The number of ether oxygens (including phenoxy) is 2. The van der Waals surface area contributed by atoms with E-state index in [1.165, 1.54) is 17.3 Å². The summed E-state index contributed by atoms with van der Waals surface area (Å²) in [7, 11) is -0.416. The number of rotatable bonds is 5. The predicted molar refractivity (Wildman–Crippen MR) is 112 cm³/mol. The Morgan fingerprint density at radius 2 is 1.76 bits per heavy atom. The molecule has 3 aromatic rings. The molecule has 0 N–H and O–H groups in total. The number of methoxy groups -OCH3 is 2. The highest BCUT2D eigenvalue weighted by atomic mass is 32.2. The second-order valence-electron chi connectivity index (χ2n) is 7.56. The average Bonchev–Trinajstić information content (AvgIpc) is 3.17. The summed E-state index contributed by atoms with van der Waals surface area (Å²) in [5.41, 5.74) is 3.83. The lowest BCUT2D eigenvalue weighted by molar-refractivity contribution is 0.0935. The number of Topliss-reactive ketones (excluding diaryl/α,β-unsaturated/α-hetero) is 1. The van der Waals surface area contributed by atoms with Gasteiger partial charge in [-0.05, 0) is 55.7 Å². The molecule has 2 aromatic carbocycles. The van der Waals surface area contributed by atoms with E-state index in [0.717, 1.165) is 16.5 Å². The molecule has 1 unspecified atom stereocenters. The Hall–Kier alpha value is -2.80. The summed E-state index contributed by atoms with van der Waals surface area (Å²) >= 11 is 0. The van der Waals surface area contributed by atoms with Crippen LogP contribution in [0.5, 0.6) is 11.5 Å². The number of fused-ring (bicyclic) bond motifs is 2. The first-order valence-corrected chi connectivity index (χ1v) is 11.2. The van der Waals surface area contributed by atoms with Crippen molar-refractivity contribution in [3.63, 3.8) is 0 Å². The molecule has 0 saturated carbocycles. The van der Waals surface area contributed by atoms with Crippen LogP contribution in [0.3, 0.4) is 0 Å². The zero-order valence-corrected chi connectivity index (χ0v) is 17.7. The molecule has 6 nitrogen and oxygen atoms in total. The number of aromatic nitrogens is 1. The topological polar surface area (TPSA) is 74.6 Å². The number of carbonyl (C=O) groups is 1. The third-order valence-corrected chi connectivity index (χ3v) is 6.58. The zero-order chi connectivity index (χ0) is 20.9. The lowest BCUT2D eigenvalue weighted by Crippen LogP contribution is -2.18. The first-order valence-electron chi connectivity index (χ1n) is 9.33. The van der Waals surface area contributed by atoms with Gasteiger partial charge >= 0.3 is 0 Å². The molecule has 4 rings (SSSR count). The minimum atomic E-state index is -3.51. The van der Waals surface area contributed by atoms with E-state index < -0.39 is 10.0 Å². The first-order chi connectivity index (χ1) is 13.7. The first kappa shape index (κ1) is 19.5. The number of hydrogen-bond acceptors (Lipinski definition) is 5. The highest BCUT2D eigenvalue weighted by Crippen LogP contribution is 2.38. The van der Waals surface area contributed by atoms with Crippen molar-refractivity contribution in [2.75, 3.05) is 20.5 Å². The molecule has 1 atom stereocenters. The Morgan fingerprint density at radius 1 is 1.07 bits per heavy atom. The summed E-state index contributed by atoms with van der Waals surface area (Å²) in [6, 6.07) is 11.1. The van der Waals surface area contributed by atoms with E-state index in [0.29, 0.717) is 41.1 Å². The standard InChI is InChI=1S/C22H23NO5S/c1-13-5-6-19-15(7-13)9-17(23(19)29(4,25)26)10-16-8-14-11-20(27-2)21(28-3)12-18(14)22(16)24/h5-7,9,11-12,16H,8,10H2,1-4H3. The van der Waals surface area contributed by atoms with Crippen molar-refractivity contribution < 1.29 is 22.7 Å². The highest BCUT2D eigenvalue weighted by Gasteiger charge is 2.33. The molecule has 1 aromatic heterocycles. The Labute approximate surface area is 170 Å². The van der Waals surface area contributed by atoms with Crippen LogP contribution in [-0.2, 0) is 22.9 Å². The molecular weight excluding hydrogens is 390 g/mol. The van der Waals surface area contributed by atoms with Gasteiger partial charge in [0, 0.05) is 22.6 Å². The van der Waals surface area contributed by atoms with Gasteiger partial charge < -0.3 is 9.47 Å². The van der Waals surface area contributed by atoms with Crippen molar-refractivity contribution in [3.8, 4) is 11.5 Å². The van der Waals surface area contributed by atoms with E-state index in [-0.39, 0.29) is 11.7 Å². The van der Waals surface area contributed by atoms with Gasteiger partial charge in [-0.2, -0.15) is 0 Å². The summed E-state index contributed by atoms with van der Waals surface area (Å²) < 4.78 is 37.0. The van der Waals surface area contributed by atoms with E-state index >= 15 is 0 Å². The summed E-state index contributed by atoms with van der Waals surface area (Å²) in [6.45, 7) is 1.97. The molecule has 1 aliphatic rings. The Bertz CT molecular complexity index is 1240. The molecule has 0 radical (unpaired) electrons. The predicted octanol–water partition coefficient (Wildman–Crippen LogP) is 3.37. The number of carbonyl (C=O) groups excluding carboxylic acids is 1. The van der Waals surface area contributed by atoms with Crippen LogP contribution < -0.4 is 9.47 Å². The fourth-order valence-corrected chi connectivity index (χ4v) is 5.29. The van der Waals surface area contributed by atoms with Gasteiger partial charge in [0.1, 0.15) is 0 Å². The van der Waals surface area contributed by atoms with Gasteiger partial charge in [-0.15, -0.1) is 0 Å². The van der Waals surface area contributed by atoms with Gasteiger partial charge in [-0.3, -0.25) is 4.79 Å². The quantitative estimate of drug-likeness (QED) is 0.641. The maximum Gasteiger partial charge on any atom is 0.236 e. The van der Waals surface area contributed by atoms with E-state index in [1.54, 1.807) is 13.2 Å². The smallest absolute Gasteiger partial charge is 0.236 e. The summed E-state index contributed by atoms with van der Waals surface area (Å²) in [6.07, 6.45) is 2.08. The molecule has 7 heteroatoms. The summed E-state index contributed by atoms with van der Waals surface area (Å²) in [5.74, 6) is 0.775. The molecule has 0 bridgehead atoms. The normalized spacial score (nSPS) is 16.3. The van der Waals surface area contributed by atoms with Crippen LogP contribution in [0.15, 0.2) is 36.4 Å². The molecule has 0 spiro atoms. The minimum absolute atomic E-state index is 0.00226. The maximum atomic E-state index is 13.0. The Balaban J connectivity index is 1.75. The highest BCUT2D eigenvalue weighted by molar-refractivity contribution is 7.89. The Kier molecular flexibility index (Phi) is 4.65. The van der Waals surface area contributed by atoms with Gasteiger partial charge in [0.05, 0.1) is 26.0 Å². The SMILES string of the molecule is COc1cc2c(cc1OC)C(=O)C(Cc1cc3cc(C)ccc3n1S(C)(=O)=O)C2. The number of hydrogen-bond donors (Lipinski definition) is 0. The van der Waals surface area contributed by atoms with E-state index in [9.17, 15) is 13.2 Å². The van der Waals surface area contributed by atoms with Crippen molar-refractivity contribution in [2.24, 2.45) is 5.92 Å². The Morgan fingerprint density at radius 3 is 2.41 bits per heavy atom. The van der Waals surface area contributed by atoms with Crippen molar-refractivity contribution in [3.05, 3.63) is 58.8 Å². The van der Waals surface area contributed by atoms with Crippen LogP contribution in [0, 0.1) is 12.8 Å². The van der Waals surface area contributed by atoms with E-state index in [2.05, 4.69) is 0 Å². The van der Waals surface area contributed by atoms with Crippen molar-refractivity contribution in [1.82, 2.24) is 3.97 Å². The van der Waals surface area contributed by atoms with Crippen LogP contribution in [-0.4, -0.2) is 38.6 Å². The van der Waals surface area contributed by atoms with E-state index in [1.807, 2.05) is 37.3 Å². The summed E-state index contributed by atoms with van der Waals surface area (Å²) in [5, 5.41) is 0.858. The van der Waals surface area contributed by atoms with Crippen LogP contribution in [0.4, 0.5) is 0 Å². The van der Waals surface area contributed by atoms with Crippen molar-refractivity contribution in [1.29, 1.82) is 0 Å². The number of nitrogens with zero attached hydrogens (tertiary/aromatic N) is 1. The molecular formula is C22H23NO5S. The molecule has 0 amide bonds. The van der Waals surface area contributed by atoms with E-state index in [4.69, 9.17) is 9.47 Å². The molecule has 0 saturated heterocycles. The summed E-state index contributed by atoms with van der Waals surface area (Å²) in [4.78, 5) is 13.0. The van der Waals surface area contributed by atoms with Gasteiger partial charge in [0.15, 0.2) is 17.3 Å². The molecule has 152 valence electrons. The average molecular weight is 413 g/mol. The third kappa shape index (κ3) is 3.29. The largest absolute Gasteiger partial charge is 0.493 e. The van der Waals surface area contributed by atoms with Crippen molar-refractivity contribution in [2.45, 2.75) is 19.8 Å². The molecule has 0 aliphatic heterocycles. The van der Waals surface area contributed by atoms with Gasteiger partial charge in [-0.1, -0.05) is 11.6 Å². The van der Waals surface area contributed by atoms with Crippen LogP contribution >= 0.6 is 0 Å². The van der Waals surface area contributed by atoms with Crippen molar-refractivity contribution >= 4 is 26.7 Å². The van der Waals surface area contributed by atoms with Gasteiger partial charge in [0.25, 0.3) is 0 Å². The van der Waals surface area contributed by atoms with Crippen LogP contribution in [0.2, 0.25) is 0 Å². The lowest BCUT2D eigenvalue weighted by atomic mass is 9.99. The van der Waals surface area contributed by atoms with Crippen LogP contribution in [0.1, 0.15) is 27.2 Å². The maximum absolute atomic E-state index is 13.0. The molecule has 1 aliphatic carbocycles.